The van der Waals surface area contributed by atoms with Crippen LogP contribution in [0.3, 0.4) is 0 Å². The zero-order valence-corrected chi connectivity index (χ0v) is 18.7. The van der Waals surface area contributed by atoms with E-state index >= 15 is 0 Å². The molecule has 2 aromatic rings. The molecule has 7 nitrogen and oxygen atoms in total. The number of piperidine rings is 1. The summed E-state index contributed by atoms with van der Waals surface area (Å²) in [6, 6.07) is 11.1. The average molecular weight is 426 g/mol. The Hall–Kier alpha value is -3.22. The standard InChI is InChI=1S/C24H31N3O4/c1-16-13-18(24(29)27-12-6-5-7-17(27)2)8-10-20(16)25-15-23(28)26-21-14-19(30-3)9-11-22(21)31-4/h8-11,13-14,17,25H,5-7,12,15H2,1-4H3,(H,26,28). The molecule has 0 aromatic heterocycles. The van der Waals surface area contributed by atoms with Crippen LogP contribution >= 0.6 is 0 Å². The van der Waals surface area contributed by atoms with E-state index < -0.39 is 0 Å². The van der Waals surface area contributed by atoms with Gasteiger partial charge in [0.1, 0.15) is 11.5 Å². The first-order valence-corrected chi connectivity index (χ1v) is 10.6. The van der Waals surface area contributed by atoms with Crippen molar-refractivity contribution >= 4 is 23.2 Å². The lowest BCUT2D eigenvalue weighted by Gasteiger charge is -2.33. The Balaban J connectivity index is 1.62. The van der Waals surface area contributed by atoms with Crippen LogP contribution in [0.2, 0.25) is 0 Å². The van der Waals surface area contributed by atoms with Crippen LogP contribution in [0, 0.1) is 6.92 Å². The van der Waals surface area contributed by atoms with E-state index in [4.69, 9.17) is 9.47 Å². The maximum absolute atomic E-state index is 12.9. The van der Waals surface area contributed by atoms with Gasteiger partial charge >= 0.3 is 0 Å². The van der Waals surface area contributed by atoms with Gasteiger partial charge in [0.15, 0.2) is 0 Å². The summed E-state index contributed by atoms with van der Waals surface area (Å²) >= 11 is 0. The molecule has 1 heterocycles. The number of likely N-dealkylation sites (tertiary alicyclic amines) is 1. The topological polar surface area (TPSA) is 79.9 Å². The molecule has 3 rings (SSSR count). The molecule has 166 valence electrons. The molecule has 0 spiro atoms. The van der Waals surface area contributed by atoms with Crippen LogP contribution in [0.4, 0.5) is 11.4 Å². The highest BCUT2D eigenvalue weighted by molar-refractivity contribution is 5.96. The van der Waals surface area contributed by atoms with Crippen molar-refractivity contribution in [2.75, 3.05) is 37.9 Å². The molecule has 0 aliphatic carbocycles. The maximum Gasteiger partial charge on any atom is 0.254 e. The fraction of sp³-hybridized carbons (Fsp3) is 0.417. The van der Waals surface area contributed by atoms with Gasteiger partial charge in [0.2, 0.25) is 5.91 Å². The van der Waals surface area contributed by atoms with Crippen molar-refractivity contribution in [3.05, 3.63) is 47.5 Å². The average Bonchev–Trinajstić information content (AvgIpc) is 2.78. The number of hydrogen-bond donors (Lipinski definition) is 2. The third kappa shape index (κ3) is 5.48. The van der Waals surface area contributed by atoms with E-state index in [0.29, 0.717) is 22.7 Å². The second-order valence-electron chi connectivity index (χ2n) is 7.84. The van der Waals surface area contributed by atoms with Crippen molar-refractivity contribution in [3.63, 3.8) is 0 Å². The Morgan fingerprint density at radius 2 is 1.87 bits per heavy atom. The molecule has 2 N–H and O–H groups in total. The van der Waals surface area contributed by atoms with Gasteiger partial charge in [-0.2, -0.15) is 0 Å². The molecule has 1 saturated heterocycles. The summed E-state index contributed by atoms with van der Waals surface area (Å²) in [6.45, 7) is 4.93. The summed E-state index contributed by atoms with van der Waals surface area (Å²) in [7, 11) is 3.12. The van der Waals surface area contributed by atoms with E-state index in [1.165, 1.54) is 6.42 Å². The molecule has 1 aliphatic rings. The molecule has 0 saturated carbocycles. The Morgan fingerprint density at radius 1 is 1.06 bits per heavy atom. The van der Waals surface area contributed by atoms with Crippen LogP contribution in [-0.4, -0.2) is 50.1 Å². The number of methoxy groups -OCH3 is 2. The SMILES string of the molecule is COc1ccc(OC)c(NC(=O)CNc2ccc(C(=O)N3CCCCC3C)cc2C)c1. The largest absolute Gasteiger partial charge is 0.497 e. The van der Waals surface area contributed by atoms with Crippen LogP contribution in [-0.2, 0) is 4.79 Å². The number of hydrogen-bond acceptors (Lipinski definition) is 5. The van der Waals surface area contributed by atoms with E-state index in [1.54, 1.807) is 32.4 Å². The Kier molecular flexibility index (Phi) is 7.39. The van der Waals surface area contributed by atoms with Gasteiger partial charge in [-0.3, -0.25) is 9.59 Å². The summed E-state index contributed by atoms with van der Waals surface area (Å²) in [5.74, 6) is 1.04. The maximum atomic E-state index is 12.9. The first-order valence-electron chi connectivity index (χ1n) is 10.6. The van der Waals surface area contributed by atoms with E-state index in [1.807, 2.05) is 30.0 Å². The Labute approximate surface area is 183 Å². The number of ether oxygens (including phenoxy) is 2. The van der Waals surface area contributed by atoms with Gasteiger partial charge in [0.05, 0.1) is 26.5 Å². The third-order valence-corrected chi connectivity index (χ3v) is 5.66. The van der Waals surface area contributed by atoms with Crippen LogP contribution in [0.1, 0.15) is 42.1 Å². The Morgan fingerprint density at radius 3 is 2.55 bits per heavy atom. The predicted molar refractivity (Wildman–Crippen MR) is 122 cm³/mol. The minimum absolute atomic E-state index is 0.0738. The fourth-order valence-corrected chi connectivity index (χ4v) is 3.84. The minimum atomic E-state index is -0.215. The number of rotatable bonds is 7. The lowest BCUT2D eigenvalue weighted by Crippen LogP contribution is -2.42. The van der Waals surface area contributed by atoms with Crippen molar-refractivity contribution in [3.8, 4) is 11.5 Å². The van der Waals surface area contributed by atoms with E-state index in [2.05, 4.69) is 17.6 Å². The Bertz CT molecular complexity index is 944. The predicted octanol–water partition coefficient (Wildman–Crippen LogP) is 4.08. The van der Waals surface area contributed by atoms with E-state index in [0.717, 1.165) is 30.6 Å². The lowest BCUT2D eigenvalue weighted by molar-refractivity contribution is -0.114. The molecular weight excluding hydrogens is 394 g/mol. The number of anilines is 2. The smallest absolute Gasteiger partial charge is 0.254 e. The molecule has 2 amide bonds. The molecule has 7 heteroatoms. The summed E-state index contributed by atoms with van der Waals surface area (Å²) < 4.78 is 10.5. The quantitative estimate of drug-likeness (QED) is 0.699. The number of carbonyl (C=O) groups is 2. The van der Waals surface area contributed by atoms with Gasteiger partial charge in [-0.05, 0) is 69.0 Å². The molecule has 1 atom stereocenters. The number of benzene rings is 2. The van der Waals surface area contributed by atoms with Crippen molar-refractivity contribution < 1.29 is 19.1 Å². The number of nitrogens with one attached hydrogen (secondary N) is 2. The summed E-state index contributed by atoms with van der Waals surface area (Å²) in [4.78, 5) is 27.3. The summed E-state index contributed by atoms with van der Waals surface area (Å²) in [5, 5.41) is 5.98. The van der Waals surface area contributed by atoms with Gasteiger partial charge < -0.3 is 25.0 Å². The van der Waals surface area contributed by atoms with Crippen LogP contribution in [0.15, 0.2) is 36.4 Å². The molecule has 31 heavy (non-hydrogen) atoms. The highest BCUT2D eigenvalue weighted by atomic mass is 16.5. The molecule has 0 radical (unpaired) electrons. The van der Waals surface area contributed by atoms with Gasteiger partial charge in [-0.1, -0.05) is 0 Å². The first-order chi connectivity index (χ1) is 14.9. The second-order valence-corrected chi connectivity index (χ2v) is 7.84. The van der Waals surface area contributed by atoms with Crippen LogP contribution in [0.25, 0.3) is 0 Å². The van der Waals surface area contributed by atoms with Crippen molar-refractivity contribution in [2.24, 2.45) is 0 Å². The van der Waals surface area contributed by atoms with Gasteiger partial charge in [0, 0.05) is 29.9 Å². The number of aryl methyl sites for hydroxylation is 1. The lowest BCUT2D eigenvalue weighted by atomic mass is 10.0. The molecule has 0 bridgehead atoms. The van der Waals surface area contributed by atoms with E-state index in [-0.39, 0.29) is 24.4 Å². The monoisotopic (exact) mass is 425 g/mol. The van der Waals surface area contributed by atoms with Crippen LogP contribution < -0.4 is 20.1 Å². The van der Waals surface area contributed by atoms with Gasteiger partial charge in [-0.25, -0.2) is 0 Å². The molecule has 1 aliphatic heterocycles. The number of carbonyl (C=O) groups excluding carboxylic acids is 2. The van der Waals surface area contributed by atoms with Gasteiger partial charge in [-0.15, -0.1) is 0 Å². The van der Waals surface area contributed by atoms with Crippen molar-refractivity contribution in [2.45, 2.75) is 39.2 Å². The molecule has 2 aromatic carbocycles. The third-order valence-electron chi connectivity index (χ3n) is 5.66. The van der Waals surface area contributed by atoms with Crippen LogP contribution in [0.5, 0.6) is 11.5 Å². The minimum Gasteiger partial charge on any atom is -0.497 e. The summed E-state index contributed by atoms with van der Waals surface area (Å²) in [5.41, 5.74) is 2.96. The summed E-state index contributed by atoms with van der Waals surface area (Å²) in [6.07, 6.45) is 3.29. The highest BCUT2D eigenvalue weighted by Gasteiger charge is 2.24. The normalized spacial score (nSPS) is 15.9. The van der Waals surface area contributed by atoms with Crippen molar-refractivity contribution in [1.82, 2.24) is 4.90 Å². The first kappa shape index (κ1) is 22.5. The zero-order valence-electron chi connectivity index (χ0n) is 18.7. The number of amides is 2. The van der Waals surface area contributed by atoms with Gasteiger partial charge in [0.25, 0.3) is 5.91 Å². The van der Waals surface area contributed by atoms with Crippen molar-refractivity contribution in [1.29, 1.82) is 0 Å². The molecular formula is C24H31N3O4. The zero-order chi connectivity index (χ0) is 22.4. The molecule has 1 fully saturated rings. The number of nitrogens with zero attached hydrogens (tertiary/aromatic N) is 1. The fourth-order valence-electron chi connectivity index (χ4n) is 3.84. The highest BCUT2D eigenvalue weighted by Crippen LogP contribution is 2.29. The molecule has 1 unspecified atom stereocenters. The van der Waals surface area contributed by atoms with E-state index in [9.17, 15) is 9.59 Å². The second kappa shape index (κ2) is 10.2.